The third-order valence-electron chi connectivity index (χ3n) is 4.04. The molecule has 0 saturated carbocycles. The summed E-state index contributed by atoms with van der Waals surface area (Å²) in [6, 6.07) is 4.41. The number of aromatic nitrogens is 1. The fraction of sp³-hybridized carbons (Fsp3) is 0.562. The smallest absolute Gasteiger partial charge is 0.0462 e. The van der Waals surface area contributed by atoms with Gasteiger partial charge in [0.15, 0.2) is 0 Å². The first-order valence-corrected chi connectivity index (χ1v) is 6.73. The molecule has 0 atom stereocenters. The van der Waals surface area contributed by atoms with Crippen LogP contribution in [0.25, 0.3) is 5.57 Å². The molecular weight excluding hydrogens is 206 g/mol. The van der Waals surface area contributed by atoms with Gasteiger partial charge in [0, 0.05) is 17.3 Å². The number of hydrogen-bond donors (Lipinski definition) is 0. The van der Waals surface area contributed by atoms with Gasteiger partial charge in [0.1, 0.15) is 0 Å². The lowest BCUT2D eigenvalue weighted by molar-refractivity contribution is 0.426. The van der Waals surface area contributed by atoms with Crippen molar-refractivity contribution >= 4 is 5.57 Å². The van der Waals surface area contributed by atoms with Crippen molar-refractivity contribution in [1.29, 1.82) is 0 Å². The van der Waals surface area contributed by atoms with Gasteiger partial charge in [-0.25, -0.2) is 0 Å². The van der Waals surface area contributed by atoms with Gasteiger partial charge >= 0.3 is 0 Å². The first-order chi connectivity index (χ1) is 8.11. The van der Waals surface area contributed by atoms with Gasteiger partial charge in [-0.1, -0.05) is 39.8 Å². The zero-order valence-corrected chi connectivity index (χ0v) is 11.9. The molecule has 0 unspecified atom stereocenters. The van der Waals surface area contributed by atoms with Gasteiger partial charge in [-0.15, -0.1) is 0 Å². The predicted molar refractivity (Wildman–Crippen MR) is 76.1 cm³/mol. The lowest BCUT2D eigenvalue weighted by atomic mass is 9.81. The van der Waals surface area contributed by atoms with Crippen LogP contribution < -0.4 is 0 Å². The molecule has 0 aliphatic carbocycles. The first-order valence-electron chi connectivity index (χ1n) is 6.73. The average Bonchev–Trinajstić information content (AvgIpc) is 2.40. The van der Waals surface area contributed by atoms with E-state index < -0.39 is 0 Å². The topological polar surface area (TPSA) is 12.9 Å². The van der Waals surface area contributed by atoms with Crippen LogP contribution in [0.2, 0.25) is 0 Å². The van der Waals surface area contributed by atoms with Crippen molar-refractivity contribution in [3.8, 4) is 0 Å². The van der Waals surface area contributed by atoms with E-state index in [1.807, 2.05) is 6.20 Å². The molecule has 94 valence electrons. The highest BCUT2D eigenvalue weighted by Crippen LogP contribution is 2.30. The summed E-state index contributed by atoms with van der Waals surface area (Å²) >= 11 is 0. The van der Waals surface area contributed by atoms with Gasteiger partial charge in [-0.05, 0) is 43.4 Å². The maximum atomic E-state index is 4.67. The van der Waals surface area contributed by atoms with Crippen LogP contribution in [0.3, 0.4) is 0 Å². The third kappa shape index (κ3) is 2.96. The second kappa shape index (κ2) is 6.00. The zero-order chi connectivity index (χ0) is 12.9. The summed E-state index contributed by atoms with van der Waals surface area (Å²) in [6.45, 7) is 11.1. The van der Waals surface area contributed by atoms with Gasteiger partial charge in [0.2, 0.25) is 0 Å². The number of allylic oxidation sites excluding steroid dienone is 2. The van der Waals surface area contributed by atoms with Gasteiger partial charge in [0.05, 0.1) is 0 Å². The van der Waals surface area contributed by atoms with Crippen molar-refractivity contribution < 1.29 is 0 Å². The summed E-state index contributed by atoms with van der Waals surface area (Å²) < 4.78 is 0. The van der Waals surface area contributed by atoms with E-state index in [0.717, 1.165) is 19.3 Å². The van der Waals surface area contributed by atoms with E-state index in [9.17, 15) is 0 Å². The van der Waals surface area contributed by atoms with E-state index in [4.69, 9.17) is 0 Å². The second-order valence-corrected chi connectivity index (χ2v) is 4.87. The molecule has 0 fully saturated rings. The lowest BCUT2D eigenvalue weighted by Gasteiger charge is -2.26. The predicted octanol–water partition coefficient (Wildman–Crippen LogP) is 4.97. The van der Waals surface area contributed by atoms with Crippen LogP contribution >= 0.6 is 0 Å². The molecule has 1 aromatic rings. The van der Waals surface area contributed by atoms with E-state index in [0.29, 0.717) is 0 Å². The highest BCUT2D eigenvalue weighted by atomic mass is 14.7. The fourth-order valence-corrected chi connectivity index (χ4v) is 2.13. The van der Waals surface area contributed by atoms with Gasteiger partial charge < -0.3 is 0 Å². The average molecular weight is 231 g/mol. The van der Waals surface area contributed by atoms with Crippen molar-refractivity contribution in [3.63, 3.8) is 0 Å². The van der Waals surface area contributed by atoms with Crippen molar-refractivity contribution in [3.05, 3.63) is 35.7 Å². The van der Waals surface area contributed by atoms with Gasteiger partial charge in [-0.3, -0.25) is 4.98 Å². The molecule has 0 saturated heterocycles. The van der Waals surface area contributed by atoms with E-state index in [1.165, 1.54) is 16.8 Å². The molecule has 0 aliphatic rings. The Morgan fingerprint density at radius 3 is 2.24 bits per heavy atom. The monoisotopic (exact) mass is 231 g/mol. The normalized spacial score (nSPS) is 12.9. The third-order valence-corrected chi connectivity index (χ3v) is 4.04. The molecule has 0 radical (unpaired) electrons. The van der Waals surface area contributed by atoms with Gasteiger partial charge in [-0.2, -0.15) is 0 Å². The molecule has 17 heavy (non-hydrogen) atoms. The fourth-order valence-electron chi connectivity index (χ4n) is 2.13. The Kier molecular flexibility index (Phi) is 4.92. The standard InChI is InChI=1S/C16H25N/c1-6-13(7-2)14-10-11-15(17-12-14)16(5,8-3)9-4/h6,10-12H,7-9H2,1-5H3. The number of pyridine rings is 1. The summed E-state index contributed by atoms with van der Waals surface area (Å²) in [5.41, 5.74) is 4.07. The maximum Gasteiger partial charge on any atom is 0.0462 e. The largest absolute Gasteiger partial charge is 0.260 e. The Morgan fingerprint density at radius 1 is 1.24 bits per heavy atom. The maximum absolute atomic E-state index is 4.67. The molecular formula is C16H25N. The summed E-state index contributed by atoms with van der Waals surface area (Å²) in [6.07, 6.45) is 7.55. The van der Waals surface area contributed by atoms with E-state index >= 15 is 0 Å². The van der Waals surface area contributed by atoms with Crippen LogP contribution in [0.15, 0.2) is 24.4 Å². The first kappa shape index (κ1) is 14.0. The number of rotatable bonds is 5. The molecule has 0 aromatic carbocycles. The highest BCUT2D eigenvalue weighted by Gasteiger charge is 2.23. The minimum atomic E-state index is 0.223. The van der Waals surface area contributed by atoms with Crippen molar-refractivity contribution in [2.24, 2.45) is 0 Å². The summed E-state index contributed by atoms with van der Waals surface area (Å²) in [4.78, 5) is 4.67. The molecule has 1 heteroatoms. The lowest BCUT2D eigenvalue weighted by Crippen LogP contribution is -2.21. The molecule has 0 N–H and O–H groups in total. The second-order valence-electron chi connectivity index (χ2n) is 4.87. The van der Waals surface area contributed by atoms with Crippen LogP contribution in [0.1, 0.15) is 65.1 Å². The Labute approximate surface area is 106 Å². The van der Waals surface area contributed by atoms with Crippen LogP contribution in [0.4, 0.5) is 0 Å². The number of hydrogen-bond acceptors (Lipinski definition) is 1. The number of nitrogens with zero attached hydrogens (tertiary/aromatic N) is 1. The quantitative estimate of drug-likeness (QED) is 0.697. The molecule has 0 amide bonds. The van der Waals surface area contributed by atoms with E-state index in [2.05, 4.69) is 57.8 Å². The summed E-state index contributed by atoms with van der Waals surface area (Å²) in [5, 5.41) is 0. The Balaban J connectivity index is 3.03. The molecule has 1 rings (SSSR count). The highest BCUT2D eigenvalue weighted by molar-refractivity contribution is 5.64. The van der Waals surface area contributed by atoms with Crippen LogP contribution in [-0.4, -0.2) is 4.98 Å². The molecule has 1 nitrogen and oxygen atoms in total. The van der Waals surface area contributed by atoms with E-state index in [1.54, 1.807) is 0 Å². The summed E-state index contributed by atoms with van der Waals surface area (Å²) in [5.74, 6) is 0. The van der Waals surface area contributed by atoms with Crippen molar-refractivity contribution in [2.45, 2.75) is 59.3 Å². The van der Waals surface area contributed by atoms with Crippen molar-refractivity contribution in [1.82, 2.24) is 4.98 Å². The van der Waals surface area contributed by atoms with Gasteiger partial charge in [0.25, 0.3) is 0 Å². The zero-order valence-electron chi connectivity index (χ0n) is 11.9. The molecule has 0 bridgehead atoms. The Morgan fingerprint density at radius 2 is 1.88 bits per heavy atom. The summed E-state index contributed by atoms with van der Waals surface area (Å²) in [7, 11) is 0. The minimum absolute atomic E-state index is 0.223. The molecule has 0 spiro atoms. The Bertz CT molecular complexity index is 369. The molecule has 0 aliphatic heterocycles. The molecule has 1 heterocycles. The van der Waals surface area contributed by atoms with Crippen LogP contribution in [0, 0.1) is 0 Å². The Hall–Kier alpha value is -1.11. The minimum Gasteiger partial charge on any atom is -0.260 e. The SMILES string of the molecule is CC=C(CC)c1ccc(C(C)(CC)CC)nc1. The van der Waals surface area contributed by atoms with Crippen LogP contribution in [0.5, 0.6) is 0 Å². The molecule has 1 aromatic heterocycles. The van der Waals surface area contributed by atoms with E-state index in [-0.39, 0.29) is 5.41 Å². The van der Waals surface area contributed by atoms with Crippen LogP contribution in [-0.2, 0) is 5.41 Å². The van der Waals surface area contributed by atoms with Crippen molar-refractivity contribution in [2.75, 3.05) is 0 Å².